The van der Waals surface area contributed by atoms with Gasteiger partial charge in [0.1, 0.15) is 0 Å². The van der Waals surface area contributed by atoms with E-state index < -0.39 is 0 Å². The van der Waals surface area contributed by atoms with Gasteiger partial charge in [-0.1, -0.05) is 20.3 Å². The van der Waals surface area contributed by atoms with Crippen LogP contribution in [0.15, 0.2) is 0 Å². The van der Waals surface area contributed by atoms with Crippen molar-refractivity contribution in [3.8, 4) is 0 Å². The van der Waals surface area contributed by atoms with E-state index in [0.717, 1.165) is 18.5 Å². The van der Waals surface area contributed by atoms with Crippen molar-refractivity contribution in [2.75, 3.05) is 19.6 Å². The first-order valence-electron chi connectivity index (χ1n) is 6.64. The van der Waals surface area contributed by atoms with Gasteiger partial charge in [-0.25, -0.2) is 0 Å². The van der Waals surface area contributed by atoms with Crippen LogP contribution in [-0.2, 0) is 0 Å². The van der Waals surface area contributed by atoms with Gasteiger partial charge in [0.2, 0.25) is 0 Å². The minimum absolute atomic E-state index is 0.700. The molecule has 15 heavy (non-hydrogen) atoms. The highest BCUT2D eigenvalue weighted by Crippen LogP contribution is 2.22. The van der Waals surface area contributed by atoms with Gasteiger partial charge in [0, 0.05) is 25.2 Å². The number of piperidine rings is 1. The summed E-state index contributed by atoms with van der Waals surface area (Å²) in [7, 11) is 0. The summed E-state index contributed by atoms with van der Waals surface area (Å²) in [6, 6.07) is 1.42. The Bertz CT molecular complexity index is 154. The molecule has 1 heterocycles. The molecule has 1 saturated heterocycles. The molecule has 1 aliphatic heterocycles. The summed E-state index contributed by atoms with van der Waals surface area (Å²) >= 11 is 0. The van der Waals surface area contributed by atoms with Gasteiger partial charge < -0.3 is 5.32 Å². The van der Waals surface area contributed by atoms with Crippen molar-refractivity contribution >= 4 is 0 Å². The van der Waals surface area contributed by atoms with E-state index in [2.05, 4.69) is 37.9 Å². The quantitative estimate of drug-likeness (QED) is 0.753. The first kappa shape index (κ1) is 13.0. The molecular weight excluding hydrogens is 184 g/mol. The van der Waals surface area contributed by atoms with Crippen molar-refractivity contribution in [1.82, 2.24) is 10.2 Å². The highest BCUT2D eigenvalue weighted by molar-refractivity contribution is 4.84. The second kappa shape index (κ2) is 6.49. The molecule has 1 N–H and O–H groups in total. The van der Waals surface area contributed by atoms with E-state index >= 15 is 0 Å². The van der Waals surface area contributed by atoms with E-state index in [1.54, 1.807) is 0 Å². The molecule has 1 fully saturated rings. The first-order valence-corrected chi connectivity index (χ1v) is 6.64. The maximum absolute atomic E-state index is 3.62. The zero-order chi connectivity index (χ0) is 11.3. The van der Waals surface area contributed by atoms with Crippen LogP contribution in [0.5, 0.6) is 0 Å². The summed E-state index contributed by atoms with van der Waals surface area (Å²) in [4.78, 5) is 2.64. The van der Waals surface area contributed by atoms with Crippen molar-refractivity contribution in [2.24, 2.45) is 5.92 Å². The third-order valence-corrected chi connectivity index (χ3v) is 3.49. The fourth-order valence-electron chi connectivity index (χ4n) is 2.72. The maximum Gasteiger partial charge on any atom is 0.0198 e. The van der Waals surface area contributed by atoms with E-state index in [9.17, 15) is 0 Å². The van der Waals surface area contributed by atoms with E-state index in [0.29, 0.717) is 6.04 Å². The summed E-state index contributed by atoms with van der Waals surface area (Å²) < 4.78 is 0. The van der Waals surface area contributed by atoms with Crippen molar-refractivity contribution in [1.29, 1.82) is 0 Å². The Hall–Kier alpha value is -0.0800. The number of nitrogens with zero attached hydrogens (tertiary/aromatic N) is 1. The summed E-state index contributed by atoms with van der Waals surface area (Å²) in [5.74, 6) is 0.912. The summed E-state index contributed by atoms with van der Waals surface area (Å²) in [5.41, 5.74) is 0. The molecule has 1 rings (SSSR count). The molecule has 2 unspecified atom stereocenters. The predicted molar refractivity (Wildman–Crippen MR) is 67.2 cm³/mol. The van der Waals surface area contributed by atoms with Crippen LogP contribution in [0.2, 0.25) is 0 Å². The average molecular weight is 212 g/mol. The molecule has 2 nitrogen and oxygen atoms in total. The lowest BCUT2D eigenvalue weighted by Gasteiger charge is -2.40. The monoisotopic (exact) mass is 212 g/mol. The largest absolute Gasteiger partial charge is 0.313 e. The number of nitrogens with one attached hydrogen (secondary N) is 1. The fourth-order valence-corrected chi connectivity index (χ4v) is 2.72. The summed E-state index contributed by atoms with van der Waals surface area (Å²) in [6.45, 7) is 12.8. The Morgan fingerprint density at radius 3 is 2.53 bits per heavy atom. The normalized spacial score (nSPS) is 28.6. The fraction of sp³-hybridized carbons (Fsp3) is 1.00. The Morgan fingerprint density at radius 1 is 1.27 bits per heavy atom. The molecule has 0 saturated carbocycles. The van der Waals surface area contributed by atoms with E-state index in [4.69, 9.17) is 0 Å². The van der Waals surface area contributed by atoms with Crippen LogP contribution in [0.25, 0.3) is 0 Å². The Kier molecular flexibility index (Phi) is 5.62. The molecule has 2 atom stereocenters. The van der Waals surface area contributed by atoms with Gasteiger partial charge in [0.15, 0.2) is 0 Å². The molecule has 0 amide bonds. The standard InChI is InChI=1S/C13H28N2/c1-5-7-12-8-13(14-6-2)10-15(9-12)11(3)4/h11-14H,5-10H2,1-4H3. The summed E-state index contributed by atoms with van der Waals surface area (Å²) in [6.07, 6.45) is 4.10. The minimum Gasteiger partial charge on any atom is -0.313 e. The van der Waals surface area contributed by atoms with Crippen molar-refractivity contribution < 1.29 is 0 Å². The third-order valence-electron chi connectivity index (χ3n) is 3.49. The zero-order valence-corrected chi connectivity index (χ0v) is 10.9. The molecule has 90 valence electrons. The van der Waals surface area contributed by atoms with Crippen LogP contribution >= 0.6 is 0 Å². The Morgan fingerprint density at radius 2 is 2.00 bits per heavy atom. The lowest BCUT2D eigenvalue weighted by molar-refractivity contribution is 0.108. The van der Waals surface area contributed by atoms with Gasteiger partial charge in [0.05, 0.1) is 0 Å². The van der Waals surface area contributed by atoms with Crippen molar-refractivity contribution in [3.05, 3.63) is 0 Å². The SMILES string of the molecule is CCCC1CC(NCC)CN(C(C)C)C1. The second-order valence-electron chi connectivity index (χ2n) is 5.19. The average Bonchev–Trinajstić information content (AvgIpc) is 2.18. The van der Waals surface area contributed by atoms with Crippen LogP contribution in [0.4, 0.5) is 0 Å². The molecule has 0 radical (unpaired) electrons. The second-order valence-corrected chi connectivity index (χ2v) is 5.19. The van der Waals surface area contributed by atoms with E-state index in [-0.39, 0.29) is 0 Å². The number of hydrogen-bond acceptors (Lipinski definition) is 2. The molecule has 0 aromatic heterocycles. The zero-order valence-electron chi connectivity index (χ0n) is 10.9. The Balaban J connectivity index is 2.48. The van der Waals surface area contributed by atoms with Crippen LogP contribution in [-0.4, -0.2) is 36.6 Å². The molecule has 1 aliphatic rings. The molecule has 0 spiro atoms. The number of likely N-dealkylation sites (tertiary alicyclic amines) is 1. The third kappa shape index (κ3) is 4.12. The molecule has 0 aromatic rings. The van der Waals surface area contributed by atoms with E-state index in [1.807, 2.05) is 0 Å². The number of rotatable bonds is 5. The lowest BCUT2D eigenvalue weighted by Crippen LogP contribution is -2.51. The van der Waals surface area contributed by atoms with Crippen molar-refractivity contribution in [3.63, 3.8) is 0 Å². The molecular formula is C13H28N2. The van der Waals surface area contributed by atoms with Crippen molar-refractivity contribution in [2.45, 2.75) is 59.0 Å². The molecule has 2 heteroatoms. The van der Waals surface area contributed by atoms with E-state index in [1.165, 1.54) is 32.4 Å². The van der Waals surface area contributed by atoms with Crippen LogP contribution in [0.3, 0.4) is 0 Å². The van der Waals surface area contributed by atoms with Gasteiger partial charge >= 0.3 is 0 Å². The topological polar surface area (TPSA) is 15.3 Å². The highest BCUT2D eigenvalue weighted by Gasteiger charge is 2.27. The van der Waals surface area contributed by atoms with Gasteiger partial charge in [-0.2, -0.15) is 0 Å². The van der Waals surface area contributed by atoms with Gasteiger partial charge in [-0.05, 0) is 39.2 Å². The maximum atomic E-state index is 3.62. The minimum atomic E-state index is 0.700. The van der Waals surface area contributed by atoms with Gasteiger partial charge in [-0.3, -0.25) is 4.90 Å². The van der Waals surface area contributed by atoms with Crippen LogP contribution < -0.4 is 5.32 Å². The highest BCUT2D eigenvalue weighted by atomic mass is 15.2. The molecule has 0 aromatic carbocycles. The predicted octanol–water partition coefficient (Wildman–Crippen LogP) is 2.49. The van der Waals surface area contributed by atoms with Crippen LogP contribution in [0, 0.1) is 5.92 Å². The van der Waals surface area contributed by atoms with Crippen LogP contribution in [0.1, 0.15) is 47.0 Å². The number of hydrogen-bond donors (Lipinski definition) is 1. The smallest absolute Gasteiger partial charge is 0.0198 e. The first-order chi connectivity index (χ1) is 7.17. The molecule has 0 aliphatic carbocycles. The lowest BCUT2D eigenvalue weighted by atomic mass is 9.90. The Labute approximate surface area is 95.4 Å². The van der Waals surface area contributed by atoms with Gasteiger partial charge in [0.25, 0.3) is 0 Å². The molecule has 0 bridgehead atoms. The van der Waals surface area contributed by atoms with Gasteiger partial charge in [-0.15, -0.1) is 0 Å². The number of likely N-dealkylation sites (N-methyl/N-ethyl adjacent to an activating group) is 1. The summed E-state index contributed by atoms with van der Waals surface area (Å²) in [5, 5.41) is 3.62.